The number of rotatable bonds is 14. The van der Waals surface area contributed by atoms with Crippen molar-refractivity contribution in [1.82, 2.24) is 0 Å². The second-order valence-corrected chi connectivity index (χ2v) is 23.1. The van der Waals surface area contributed by atoms with Crippen LogP contribution in [0.5, 0.6) is 17.2 Å². The van der Waals surface area contributed by atoms with Gasteiger partial charge in [-0.2, -0.15) is 0 Å². The van der Waals surface area contributed by atoms with E-state index in [4.69, 9.17) is 34.0 Å². The van der Waals surface area contributed by atoms with Crippen molar-refractivity contribution in [2.24, 2.45) is 0 Å². The van der Waals surface area contributed by atoms with Gasteiger partial charge < -0.3 is 0 Å². The molecule has 0 heterocycles. The summed E-state index contributed by atoms with van der Waals surface area (Å²) in [7, 11) is 4.56. The SMILES string of the molecule is COCOc1cc[c]([Bi]([O]C(C)=O)([O]C(C)=O)([c]2ccc(OCOC)cc2)[c]2ccc(OCOC)cc2)cc1. The van der Waals surface area contributed by atoms with Gasteiger partial charge in [-0.15, -0.1) is 0 Å². The Morgan fingerprint density at radius 3 is 0.974 bits per heavy atom. The second-order valence-electron chi connectivity index (χ2n) is 8.26. The van der Waals surface area contributed by atoms with E-state index in [1.165, 1.54) is 35.2 Å². The summed E-state index contributed by atoms with van der Waals surface area (Å²) in [5.74, 6) is 0.350. The standard InChI is InChI=1S/3C8H9O2.2C2H4O2.Bi/c3*1-9-7-10-8-5-3-2-4-6-8;2*1-2(3)4;/h3*3-6H,7H2,1H3;2*1H3,(H,3,4);/q;;;;;+2/p-2. The number of methoxy groups -OCH3 is 3. The summed E-state index contributed by atoms with van der Waals surface area (Å²) < 4.78 is 46.1. The molecule has 11 heteroatoms. The molecule has 0 bridgehead atoms. The van der Waals surface area contributed by atoms with Crippen LogP contribution in [0.15, 0.2) is 72.8 Å². The van der Waals surface area contributed by atoms with Crippen molar-refractivity contribution in [2.75, 3.05) is 41.7 Å². The Balaban J connectivity index is 2.37. The summed E-state index contributed by atoms with van der Waals surface area (Å²) in [6.45, 7) is 2.74. The first kappa shape index (κ1) is 30.3. The van der Waals surface area contributed by atoms with Crippen molar-refractivity contribution in [3.05, 3.63) is 72.8 Å². The monoisotopic (exact) mass is 738 g/mol. The van der Waals surface area contributed by atoms with Crippen LogP contribution in [0.2, 0.25) is 0 Å². The number of ether oxygens (including phenoxy) is 6. The van der Waals surface area contributed by atoms with Crippen LogP contribution < -0.4 is 24.0 Å². The maximum absolute atomic E-state index is 12.9. The van der Waals surface area contributed by atoms with Crippen LogP contribution in [-0.2, 0) is 29.4 Å². The predicted octanol–water partition coefficient (Wildman–Crippen LogP) is 2.18. The Kier molecular flexibility index (Phi) is 10.7. The minimum absolute atomic E-state index is 0.0512. The normalized spacial score (nSPS) is 12.1. The first-order valence-electron chi connectivity index (χ1n) is 11.9. The topological polar surface area (TPSA) is 108 Å². The Labute approximate surface area is 230 Å². The molecule has 0 aliphatic heterocycles. The molecule has 0 saturated carbocycles. The summed E-state index contributed by atoms with van der Waals surface area (Å²) in [5.41, 5.74) is 0. The van der Waals surface area contributed by atoms with Gasteiger partial charge in [0.15, 0.2) is 0 Å². The van der Waals surface area contributed by atoms with E-state index in [0.717, 1.165) is 0 Å². The molecule has 0 atom stereocenters. The van der Waals surface area contributed by atoms with Gasteiger partial charge in [0, 0.05) is 0 Å². The van der Waals surface area contributed by atoms with E-state index in [9.17, 15) is 9.59 Å². The van der Waals surface area contributed by atoms with Gasteiger partial charge in [-0.3, -0.25) is 0 Å². The Morgan fingerprint density at radius 1 is 0.513 bits per heavy atom. The van der Waals surface area contributed by atoms with Crippen LogP contribution in [0.3, 0.4) is 0 Å². The molecule has 0 spiro atoms. The van der Waals surface area contributed by atoms with E-state index >= 15 is 0 Å². The molecule has 0 N–H and O–H groups in total. The van der Waals surface area contributed by atoms with E-state index in [-0.39, 0.29) is 20.4 Å². The third kappa shape index (κ3) is 6.68. The number of benzene rings is 3. The Hall–Kier alpha value is -3.24. The number of hydrogen-bond acceptors (Lipinski definition) is 10. The van der Waals surface area contributed by atoms with Crippen molar-refractivity contribution >= 4 is 41.4 Å². The average molecular weight is 739 g/mol. The molecule has 39 heavy (non-hydrogen) atoms. The predicted molar refractivity (Wildman–Crippen MR) is 145 cm³/mol. The van der Waals surface area contributed by atoms with Gasteiger partial charge in [0.2, 0.25) is 0 Å². The molecule has 210 valence electrons. The van der Waals surface area contributed by atoms with Gasteiger partial charge in [-0.1, -0.05) is 0 Å². The van der Waals surface area contributed by atoms with Crippen LogP contribution in [0.4, 0.5) is 0 Å². The zero-order valence-corrected chi connectivity index (χ0v) is 26.1. The van der Waals surface area contributed by atoms with Crippen LogP contribution in [0.1, 0.15) is 13.8 Å². The van der Waals surface area contributed by atoms with E-state index < -0.39 is 31.6 Å². The summed E-state index contributed by atoms with van der Waals surface area (Å²) in [4.78, 5) is 25.8. The molecule has 0 unspecified atom stereocenters. The van der Waals surface area contributed by atoms with Gasteiger partial charge in [-0.25, -0.2) is 0 Å². The summed E-state index contributed by atoms with van der Waals surface area (Å²) in [5, 5.41) is 0. The molecule has 0 aromatic heterocycles. The quantitative estimate of drug-likeness (QED) is 0.181. The Morgan fingerprint density at radius 2 is 0.769 bits per heavy atom. The zero-order valence-electron chi connectivity index (χ0n) is 22.6. The number of carbonyl (C=O) groups excluding carboxylic acids is 2. The molecule has 3 aromatic carbocycles. The van der Waals surface area contributed by atoms with Crippen molar-refractivity contribution < 1.29 is 43.6 Å². The molecule has 10 nitrogen and oxygen atoms in total. The molecule has 3 aromatic rings. The second kappa shape index (κ2) is 13.7. The fourth-order valence-corrected chi connectivity index (χ4v) is 22.0. The van der Waals surface area contributed by atoms with E-state index in [1.807, 2.05) is 0 Å². The molecule has 0 fully saturated rings. The van der Waals surface area contributed by atoms with Crippen LogP contribution in [0, 0.1) is 0 Å². The Bertz CT molecular complexity index is 1080. The molecule has 0 amide bonds. The van der Waals surface area contributed by atoms with Gasteiger partial charge in [0.1, 0.15) is 0 Å². The van der Waals surface area contributed by atoms with Gasteiger partial charge in [0.25, 0.3) is 0 Å². The summed E-state index contributed by atoms with van der Waals surface area (Å²) in [6.07, 6.45) is 0. The first-order chi connectivity index (χ1) is 18.8. The van der Waals surface area contributed by atoms with Crippen LogP contribution >= 0.6 is 0 Å². The summed E-state index contributed by atoms with van der Waals surface area (Å²) in [6, 6.07) is 20.7. The fraction of sp³-hybridized carbons (Fsp3) is 0.286. The first-order valence-corrected chi connectivity index (χ1v) is 19.9. The number of carbonyl (C=O) groups is 2. The molecule has 0 aliphatic rings. The average Bonchev–Trinajstić information content (AvgIpc) is 2.93. The minimum atomic E-state index is -6.12. The number of hydrogen-bond donors (Lipinski definition) is 0. The van der Waals surface area contributed by atoms with E-state index in [2.05, 4.69) is 0 Å². The van der Waals surface area contributed by atoms with Gasteiger partial charge in [0.05, 0.1) is 0 Å². The van der Waals surface area contributed by atoms with Gasteiger partial charge >= 0.3 is 231 Å². The van der Waals surface area contributed by atoms with Crippen LogP contribution in [-0.4, -0.2) is 73.3 Å². The molecule has 3 rings (SSSR count). The van der Waals surface area contributed by atoms with E-state index in [0.29, 0.717) is 27.1 Å². The maximum atomic E-state index is 12.9. The third-order valence-electron chi connectivity index (χ3n) is 5.55. The van der Waals surface area contributed by atoms with Crippen molar-refractivity contribution in [1.29, 1.82) is 0 Å². The molecular weight excluding hydrogens is 705 g/mol. The fourth-order valence-electron chi connectivity index (χ4n) is 4.09. The molecular formula is C28H33BiO10. The van der Waals surface area contributed by atoms with Crippen molar-refractivity contribution in [3.63, 3.8) is 0 Å². The molecule has 0 radical (unpaired) electrons. The van der Waals surface area contributed by atoms with E-state index in [1.54, 1.807) is 72.8 Å². The summed E-state index contributed by atoms with van der Waals surface area (Å²) >= 11 is -6.12. The third-order valence-corrected chi connectivity index (χ3v) is 24.7. The molecule has 0 aliphatic carbocycles. The van der Waals surface area contributed by atoms with Gasteiger partial charge in [-0.05, 0) is 0 Å². The van der Waals surface area contributed by atoms with Crippen LogP contribution in [0.25, 0.3) is 0 Å². The molecule has 0 saturated heterocycles. The van der Waals surface area contributed by atoms with Crippen molar-refractivity contribution in [2.45, 2.75) is 13.8 Å². The van der Waals surface area contributed by atoms with Crippen molar-refractivity contribution in [3.8, 4) is 17.2 Å². The zero-order chi connectivity index (χ0) is 28.3.